The zero-order valence-electron chi connectivity index (χ0n) is 16.8. The molecule has 0 amide bonds. The second kappa shape index (κ2) is 8.64. The average molecular weight is 513 g/mol. The Hall–Kier alpha value is -3.37. The van der Waals surface area contributed by atoms with Gasteiger partial charge in [-0.1, -0.05) is 39.7 Å². The maximum atomic E-state index is 12.9. The molecule has 1 N–H and O–H groups in total. The Morgan fingerprint density at radius 3 is 2.47 bits per heavy atom. The number of aryl methyl sites for hydroxylation is 1. The van der Waals surface area contributed by atoms with Crippen LogP contribution in [-0.4, -0.2) is 23.3 Å². The minimum Gasteiger partial charge on any atom is -0.340 e. The first kappa shape index (κ1) is 21.8. The fraction of sp³-hybridized carbons (Fsp3) is 0.0909. The summed E-state index contributed by atoms with van der Waals surface area (Å²) in [5.41, 5.74) is 1.92. The summed E-state index contributed by atoms with van der Waals surface area (Å²) in [6.07, 6.45) is 0. The van der Waals surface area contributed by atoms with E-state index in [1.165, 1.54) is 18.2 Å². The van der Waals surface area contributed by atoms with E-state index in [0.29, 0.717) is 16.6 Å². The monoisotopic (exact) mass is 512 g/mol. The van der Waals surface area contributed by atoms with Crippen LogP contribution < -0.4 is 5.32 Å². The van der Waals surface area contributed by atoms with Gasteiger partial charge in [0, 0.05) is 27.7 Å². The average Bonchev–Trinajstić information content (AvgIpc) is 2.73. The van der Waals surface area contributed by atoms with Gasteiger partial charge >= 0.3 is 0 Å². The van der Waals surface area contributed by atoms with Crippen LogP contribution in [0, 0.1) is 17.0 Å². The van der Waals surface area contributed by atoms with Crippen molar-refractivity contribution in [2.24, 2.45) is 0 Å². The Morgan fingerprint density at radius 1 is 1.03 bits per heavy atom. The third-order valence-electron chi connectivity index (χ3n) is 4.72. The fourth-order valence-electron chi connectivity index (χ4n) is 3.14. The van der Waals surface area contributed by atoms with Crippen molar-refractivity contribution in [1.82, 2.24) is 9.97 Å². The number of aromatic nitrogens is 2. The summed E-state index contributed by atoms with van der Waals surface area (Å²) >= 11 is 3.40. The molecule has 8 nitrogen and oxygen atoms in total. The Kier molecular flexibility index (Phi) is 5.90. The number of nitrogens with zero attached hydrogens (tertiary/aromatic N) is 3. The summed E-state index contributed by atoms with van der Waals surface area (Å²) in [7, 11) is -3.69. The number of benzene rings is 3. The van der Waals surface area contributed by atoms with Crippen molar-refractivity contribution >= 4 is 53.9 Å². The number of anilines is 2. The Bertz CT molecular complexity index is 1440. The molecule has 1 aromatic heterocycles. The Morgan fingerprint density at radius 2 is 1.78 bits per heavy atom. The lowest BCUT2D eigenvalue weighted by atomic mass is 10.2. The maximum absolute atomic E-state index is 12.9. The molecular formula is C22H17BrN4O4S. The van der Waals surface area contributed by atoms with E-state index in [-0.39, 0.29) is 22.2 Å². The summed E-state index contributed by atoms with van der Waals surface area (Å²) in [6.45, 7) is 1.88. The van der Waals surface area contributed by atoms with E-state index in [2.05, 4.69) is 31.2 Å². The lowest BCUT2D eigenvalue weighted by molar-refractivity contribution is -0.384. The van der Waals surface area contributed by atoms with E-state index in [4.69, 9.17) is 0 Å². The number of nitrogens with one attached hydrogen (secondary N) is 1. The van der Waals surface area contributed by atoms with E-state index >= 15 is 0 Å². The van der Waals surface area contributed by atoms with Crippen LogP contribution >= 0.6 is 15.9 Å². The van der Waals surface area contributed by atoms with Gasteiger partial charge < -0.3 is 5.32 Å². The fourth-order valence-corrected chi connectivity index (χ4v) is 4.73. The minimum absolute atomic E-state index is 0.0874. The van der Waals surface area contributed by atoms with Gasteiger partial charge in [0.25, 0.3) is 5.69 Å². The number of hydrogen-bond acceptors (Lipinski definition) is 7. The highest BCUT2D eigenvalue weighted by Gasteiger charge is 2.20. The largest absolute Gasteiger partial charge is 0.340 e. The molecule has 0 spiro atoms. The molecule has 0 aliphatic rings. The molecule has 32 heavy (non-hydrogen) atoms. The van der Waals surface area contributed by atoms with Crippen LogP contribution in [0.25, 0.3) is 10.9 Å². The van der Waals surface area contributed by atoms with Crippen molar-refractivity contribution < 1.29 is 13.3 Å². The minimum atomic E-state index is -3.69. The highest BCUT2D eigenvalue weighted by molar-refractivity contribution is 9.10. The van der Waals surface area contributed by atoms with Gasteiger partial charge in [-0.3, -0.25) is 10.1 Å². The van der Waals surface area contributed by atoms with Crippen molar-refractivity contribution in [3.63, 3.8) is 0 Å². The van der Waals surface area contributed by atoms with Gasteiger partial charge in [-0.2, -0.15) is 0 Å². The quantitative estimate of drug-likeness (QED) is 0.274. The van der Waals surface area contributed by atoms with Crippen LogP contribution in [0.4, 0.5) is 17.2 Å². The molecule has 0 bridgehead atoms. The number of sulfone groups is 1. The molecule has 4 rings (SSSR count). The molecule has 0 aliphatic carbocycles. The second-order valence-corrected chi connectivity index (χ2v) is 10.1. The first-order valence-electron chi connectivity index (χ1n) is 9.48. The highest BCUT2D eigenvalue weighted by Crippen LogP contribution is 2.29. The molecule has 0 saturated carbocycles. The molecular weight excluding hydrogens is 496 g/mol. The van der Waals surface area contributed by atoms with E-state index < -0.39 is 20.5 Å². The first-order chi connectivity index (χ1) is 15.2. The molecule has 162 valence electrons. The lowest BCUT2D eigenvalue weighted by Gasteiger charge is -2.12. The smallest absolute Gasteiger partial charge is 0.270 e. The number of fused-ring (bicyclic) bond motifs is 1. The summed E-state index contributed by atoms with van der Waals surface area (Å²) in [4.78, 5) is 19.7. The topological polar surface area (TPSA) is 115 Å². The Labute approximate surface area is 192 Å². The van der Waals surface area contributed by atoms with E-state index in [1.807, 2.05) is 25.1 Å². The van der Waals surface area contributed by atoms with Gasteiger partial charge in [0.05, 0.1) is 15.3 Å². The summed E-state index contributed by atoms with van der Waals surface area (Å²) in [5, 5.41) is 14.8. The molecule has 0 aliphatic heterocycles. The molecule has 0 atom stereocenters. The van der Waals surface area contributed by atoms with Crippen LogP contribution in [0.2, 0.25) is 0 Å². The number of hydrogen-bond donors (Lipinski definition) is 1. The van der Waals surface area contributed by atoms with Crippen molar-refractivity contribution in [2.75, 3.05) is 5.32 Å². The van der Waals surface area contributed by atoms with Gasteiger partial charge in [-0.25, -0.2) is 18.4 Å². The van der Waals surface area contributed by atoms with Gasteiger partial charge in [-0.15, -0.1) is 0 Å². The van der Waals surface area contributed by atoms with Crippen molar-refractivity contribution in [2.45, 2.75) is 17.6 Å². The van der Waals surface area contributed by atoms with Crippen LogP contribution in [0.3, 0.4) is 0 Å². The number of rotatable bonds is 6. The van der Waals surface area contributed by atoms with Crippen molar-refractivity contribution in [3.05, 3.63) is 92.7 Å². The first-order valence-corrected chi connectivity index (χ1v) is 11.9. The van der Waals surface area contributed by atoms with Crippen LogP contribution in [-0.2, 0) is 15.6 Å². The summed E-state index contributed by atoms with van der Waals surface area (Å²) in [5.74, 6) is -0.0359. The van der Waals surface area contributed by atoms with E-state index in [0.717, 1.165) is 10.0 Å². The highest BCUT2D eigenvalue weighted by atomic mass is 79.9. The number of halogens is 1. The van der Waals surface area contributed by atoms with Gasteiger partial charge in [0.2, 0.25) is 0 Å². The molecule has 0 radical (unpaired) electrons. The molecule has 3 aromatic carbocycles. The molecule has 1 heterocycles. The predicted octanol–water partition coefficient (Wildman–Crippen LogP) is 5.33. The third-order valence-corrected chi connectivity index (χ3v) is 6.84. The predicted molar refractivity (Wildman–Crippen MR) is 126 cm³/mol. The van der Waals surface area contributed by atoms with Crippen molar-refractivity contribution in [1.29, 1.82) is 0 Å². The van der Waals surface area contributed by atoms with Crippen molar-refractivity contribution in [3.8, 4) is 0 Å². The summed E-state index contributed by atoms with van der Waals surface area (Å²) in [6, 6.07) is 18.0. The molecule has 0 fully saturated rings. The van der Waals surface area contributed by atoms with E-state index in [1.54, 1.807) is 30.3 Å². The van der Waals surface area contributed by atoms with E-state index in [9.17, 15) is 18.5 Å². The number of nitro groups is 1. The molecule has 0 unspecified atom stereocenters. The summed E-state index contributed by atoms with van der Waals surface area (Å²) < 4.78 is 26.6. The van der Waals surface area contributed by atoms with Gasteiger partial charge in [-0.05, 0) is 43.3 Å². The number of non-ortho nitro benzene ring substituents is 1. The van der Waals surface area contributed by atoms with Crippen LogP contribution in [0.15, 0.2) is 76.1 Å². The van der Waals surface area contributed by atoms with Gasteiger partial charge in [0.15, 0.2) is 9.84 Å². The molecule has 4 aromatic rings. The normalized spacial score (nSPS) is 11.4. The SMILES string of the molecule is Cc1ccc(S(=O)(=O)Cc2nc(Nc3cccc(Br)c3)c3cc([N+](=O)[O-])ccc3n2)cc1. The lowest BCUT2D eigenvalue weighted by Crippen LogP contribution is -2.10. The van der Waals surface area contributed by atoms with Crippen LogP contribution in [0.5, 0.6) is 0 Å². The Balaban J connectivity index is 1.80. The zero-order chi connectivity index (χ0) is 22.9. The standard InChI is InChI=1S/C22H17BrN4O4S/c1-14-5-8-18(9-6-14)32(30,31)13-21-25-20-10-7-17(27(28)29)12-19(20)22(26-21)24-16-4-2-3-15(23)11-16/h2-12H,13H2,1H3,(H,24,25,26). The molecule has 10 heteroatoms. The van der Waals surface area contributed by atoms with Crippen LogP contribution in [0.1, 0.15) is 11.4 Å². The number of nitro benzene ring substituents is 1. The van der Waals surface area contributed by atoms with Gasteiger partial charge in [0.1, 0.15) is 17.4 Å². The zero-order valence-corrected chi connectivity index (χ0v) is 19.2. The third kappa shape index (κ3) is 4.76. The second-order valence-electron chi connectivity index (χ2n) is 7.15. The molecule has 0 saturated heterocycles. The maximum Gasteiger partial charge on any atom is 0.270 e.